The predicted octanol–water partition coefficient (Wildman–Crippen LogP) is 3.46. The summed E-state index contributed by atoms with van der Waals surface area (Å²) in [6, 6.07) is 15.0. The second-order valence-electron chi connectivity index (χ2n) is 5.62. The first-order valence-electron chi connectivity index (χ1n) is 6.79. The van der Waals surface area contributed by atoms with Crippen LogP contribution in [0.1, 0.15) is 19.4 Å². The number of benzene rings is 2. The molecule has 0 radical (unpaired) electrons. The van der Waals surface area contributed by atoms with Gasteiger partial charge in [-0.05, 0) is 57.2 Å². The quantitative estimate of drug-likeness (QED) is 0.903. The summed E-state index contributed by atoms with van der Waals surface area (Å²) in [5.74, 6) is 1.26. The molecule has 2 aromatic rings. The number of carbonyl (C=O) groups is 1. The third-order valence-electron chi connectivity index (χ3n) is 2.95. The lowest BCUT2D eigenvalue weighted by atomic mass is 10.1. The van der Waals surface area contributed by atoms with Crippen molar-refractivity contribution in [1.82, 2.24) is 0 Å². The Hall–Kier alpha value is -2.33. The van der Waals surface area contributed by atoms with Gasteiger partial charge in [-0.15, -0.1) is 0 Å². The Bertz CT molecular complexity index is 611. The lowest BCUT2D eigenvalue weighted by molar-refractivity contribution is -0.120. The van der Waals surface area contributed by atoms with Gasteiger partial charge in [-0.25, -0.2) is 0 Å². The standard InChI is InChI=1S/C17H20N2O2/c1-12-4-8-14(9-5-12)21-15-10-6-13(7-11-15)19-16(20)17(2,3)18/h4-11H,18H2,1-3H3,(H,19,20). The number of amides is 1. The fraction of sp³-hybridized carbons (Fsp3) is 0.235. The number of hydrogen-bond donors (Lipinski definition) is 2. The number of anilines is 1. The Kier molecular flexibility index (Phi) is 4.29. The zero-order valence-corrected chi connectivity index (χ0v) is 12.5. The maximum absolute atomic E-state index is 11.8. The fourth-order valence-electron chi connectivity index (χ4n) is 1.64. The van der Waals surface area contributed by atoms with Crippen LogP contribution in [0.3, 0.4) is 0 Å². The van der Waals surface area contributed by atoms with Gasteiger partial charge in [-0.3, -0.25) is 4.79 Å². The van der Waals surface area contributed by atoms with Gasteiger partial charge in [0.2, 0.25) is 5.91 Å². The Morgan fingerprint density at radius 3 is 1.95 bits per heavy atom. The first kappa shape index (κ1) is 15.1. The molecule has 0 aliphatic carbocycles. The number of rotatable bonds is 4. The van der Waals surface area contributed by atoms with Crippen LogP contribution >= 0.6 is 0 Å². The maximum atomic E-state index is 11.8. The summed E-state index contributed by atoms with van der Waals surface area (Å²) in [5, 5.41) is 2.76. The van der Waals surface area contributed by atoms with Crippen molar-refractivity contribution in [2.45, 2.75) is 26.3 Å². The molecule has 1 amide bonds. The molecular weight excluding hydrogens is 264 g/mol. The highest BCUT2D eigenvalue weighted by molar-refractivity contribution is 5.97. The second-order valence-corrected chi connectivity index (χ2v) is 5.62. The molecule has 0 spiro atoms. The van der Waals surface area contributed by atoms with Crippen LogP contribution in [0.4, 0.5) is 5.69 Å². The Morgan fingerprint density at radius 2 is 1.48 bits per heavy atom. The maximum Gasteiger partial charge on any atom is 0.243 e. The summed E-state index contributed by atoms with van der Waals surface area (Å²) in [6.07, 6.45) is 0. The van der Waals surface area contributed by atoms with Crippen LogP contribution in [0.5, 0.6) is 11.5 Å². The van der Waals surface area contributed by atoms with Crippen molar-refractivity contribution in [2.24, 2.45) is 5.73 Å². The normalized spacial score (nSPS) is 11.0. The van der Waals surface area contributed by atoms with E-state index in [2.05, 4.69) is 5.32 Å². The first-order valence-corrected chi connectivity index (χ1v) is 6.79. The molecule has 4 heteroatoms. The van der Waals surface area contributed by atoms with E-state index in [0.717, 1.165) is 5.75 Å². The highest BCUT2D eigenvalue weighted by Gasteiger charge is 2.21. The molecule has 0 heterocycles. The Labute approximate surface area is 124 Å². The van der Waals surface area contributed by atoms with E-state index in [0.29, 0.717) is 11.4 Å². The summed E-state index contributed by atoms with van der Waals surface area (Å²) >= 11 is 0. The van der Waals surface area contributed by atoms with Gasteiger partial charge in [0.1, 0.15) is 11.5 Å². The molecule has 0 aliphatic heterocycles. The highest BCUT2D eigenvalue weighted by Crippen LogP contribution is 2.23. The summed E-state index contributed by atoms with van der Waals surface area (Å²) in [4.78, 5) is 11.8. The summed E-state index contributed by atoms with van der Waals surface area (Å²) < 4.78 is 5.72. The Morgan fingerprint density at radius 1 is 1.00 bits per heavy atom. The second kappa shape index (κ2) is 5.97. The minimum absolute atomic E-state index is 0.227. The van der Waals surface area contributed by atoms with Crippen molar-refractivity contribution in [2.75, 3.05) is 5.32 Å². The van der Waals surface area contributed by atoms with Crippen molar-refractivity contribution in [3.8, 4) is 11.5 Å². The molecule has 0 saturated carbocycles. The van der Waals surface area contributed by atoms with Gasteiger partial charge in [0.25, 0.3) is 0 Å². The van der Waals surface area contributed by atoms with Gasteiger partial charge >= 0.3 is 0 Å². The van der Waals surface area contributed by atoms with Gasteiger partial charge in [0.15, 0.2) is 0 Å². The lowest BCUT2D eigenvalue weighted by Crippen LogP contribution is -2.45. The molecule has 0 unspecified atom stereocenters. The first-order chi connectivity index (χ1) is 9.84. The number of hydrogen-bond acceptors (Lipinski definition) is 3. The van der Waals surface area contributed by atoms with Crippen LogP contribution < -0.4 is 15.8 Å². The van der Waals surface area contributed by atoms with E-state index in [9.17, 15) is 4.79 Å². The molecule has 0 aliphatic rings. The molecule has 0 bridgehead atoms. The summed E-state index contributed by atoms with van der Waals surface area (Å²) in [5.41, 5.74) is 6.70. The smallest absolute Gasteiger partial charge is 0.243 e. The van der Waals surface area contributed by atoms with Crippen molar-refractivity contribution in [3.63, 3.8) is 0 Å². The van der Waals surface area contributed by atoms with Crippen molar-refractivity contribution in [1.29, 1.82) is 0 Å². The molecule has 4 nitrogen and oxygen atoms in total. The molecule has 3 N–H and O–H groups in total. The molecule has 0 fully saturated rings. The number of nitrogens with two attached hydrogens (primary N) is 1. The van der Waals surface area contributed by atoms with Crippen LogP contribution in [0.15, 0.2) is 48.5 Å². The average molecular weight is 284 g/mol. The number of nitrogens with one attached hydrogen (secondary N) is 1. The Balaban J connectivity index is 2.02. The fourth-order valence-corrected chi connectivity index (χ4v) is 1.64. The van der Waals surface area contributed by atoms with E-state index in [-0.39, 0.29) is 5.91 Å². The molecular formula is C17H20N2O2. The average Bonchev–Trinajstić information content (AvgIpc) is 2.42. The third kappa shape index (κ3) is 4.33. The number of ether oxygens (including phenoxy) is 1. The van der Waals surface area contributed by atoms with Crippen molar-refractivity contribution >= 4 is 11.6 Å². The van der Waals surface area contributed by atoms with Gasteiger partial charge in [-0.2, -0.15) is 0 Å². The van der Waals surface area contributed by atoms with Gasteiger partial charge in [-0.1, -0.05) is 17.7 Å². The van der Waals surface area contributed by atoms with E-state index in [1.807, 2.05) is 31.2 Å². The molecule has 2 rings (SSSR count). The van der Waals surface area contributed by atoms with Crippen LogP contribution in [-0.4, -0.2) is 11.4 Å². The van der Waals surface area contributed by atoms with E-state index < -0.39 is 5.54 Å². The van der Waals surface area contributed by atoms with E-state index in [4.69, 9.17) is 10.5 Å². The molecule has 0 atom stereocenters. The van der Waals surface area contributed by atoms with Crippen molar-refractivity contribution in [3.05, 3.63) is 54.1 Å². The predicted molar refractivity (Wildman–Crippen MR) is 84.6 cm³/mol. The topological polar surface area (TPSA) is 64.3 Å². The van der Waals surface area contributed by atoms with Gasteiger partial charge in [0, 0.05) is 5.69 Å². The summed E-state index contributed by atoms with van der Waals surface area (Å²) in [7, 11) is 0. The minimum Gasteiger partial charge on any atom is -0.457 e. The summed E-state index contributed by atoms with van der Waals surface area (Å²) in [6.45, 7) is 5.36. The molecule has 21 heavy (non-hydrogen) atoms. The minimum atomic E-state index is -0.906. The van der Waals surface area contributed by atoms with E-state index in [1.54, 1.807) is 38.1 Å². The molecule has 110 valence electrons. The van der Waals surface area contributed by atoms with Crippen LogP contribution in [-0.2, 0) is 4.79 Å². The lowest BCUT2D eigenvalue weighted by Gasteiger charge is -2.17. The monoisotopic (exact) mass is 284 g/mol. The van der Waals surface area contributed by atoms with Gasteiger partial charge in [0.05, 0.1) is 5.54 Å². The highest BCUT2D eigenvalue weighted by atomic mass is 16.5. The third-order valence-corrected chi connectivity index (χ3v) is 2.95. The molecule has 0 saturated heterocycles. The number of aryl methyl sites for hydroxylation is 1. The van der Waals surface area contributed by atoms with Crippen LogP contribution in [0, 0.1) is 6.92 Å². The van der Waals surface area contributed by atoms with Crippen LogP contribution in [0.25, 0.3) is 0 Å². The molecule has 2 aromatic carbocycles. The van der Waals surface area contributed by atoms with E-state index in [1.165, 1.54) is 5.56 Å². The van der Waals surface area contributed by atoms with E-state index >= 15 is 0 Å². The SMILES string of the molecule is Cc1ccc(Oc2ccc(NC(=O)C(C)(C)N)cc2)cc1. The van der Waals surface area contributed by atoms with Gasteiger partial charge < -0.3 is 15.8 Å². The zero-order chi connectivity index (χ0) is 15.5. The van der Waals surface area contributed by atoms with Crippen molar-refractivity contribution < 1.29 is 9.53 Å². The largest absolute Gasteiger partial charge is 0.457 e. The number of carbonyl (C=O) groups excluding carboxylic acids is 1. The molecule has 0 aromatic heterocycles. The van der Waals surface area contributed by atoms with Crippen LogP contribution in [0.2, 0.25) is 0 Å². The zero-order valence-electron chi connectivity index (χ0n) is 12.5.